The van der Waals surface area contributed by atoms with Crippen LogP contribution >= 0.6 is 0 Å². The molecule has 0 unspecified atom stereocenters. The van der Waals surface area contributed by atoms with E-state index in [1.54, 1.807) is 6.92 Å². The van der Waals surface area contributed by atoms with Gasteiger partial charge in [0.2, 0.25) is 5.91 Å². The van der Waals surface area contributed by atoms with Gasteiger partial charge < -0.3 is 11.1 Å². The van der Waals surface area contributed by atoms with E-state index < -0.39 is 6.04 Å². The Balaban J connectivity index is 2.60. The minimum Gasteiger partial charge on any atom is -0.325 e. The Morgan fingerprint density at radius 1 is 1.40 bits per heavy atom. The minimum absolute atomic E-state index is 0.154. The van der Waals surface area contributed by atoms with Crippen molar-refractivity contribution in [1.29, 1.82) is 0 Å². The highest BCUT2D eigenvalue weighted by Crippen LogP contribution is 2.11. The lowest BCUT2D eigenvalue weighted by Gasteiger charge is -2.08. The number of rotatable bonds is 4. The first-order valence-electron chi connectivity index (χ1n) is 5.29. The highest BCUT2D eigenvalue weighted by molar-refractivity contribution is 5.94. The molecular weight excluding hydrogens is 188 g/mol. The van der Waals surface area contributed by atoms with Crippen LogP contribution in [0.15, 0.2) is 24.3 Å². The fraction of sp³-hybridized carbons (Fsp3) is 0.417. The summed E-state index contributed by atoms with van der Waals surface area (Å²) in [6.07, 6.45) is 2.20. The summed E-state index contributed by atoms with van der Waals surface area (Å²) in [5.41, 5.74) is 7.54. The Kier molecular flexibility index (Phi) is 4.31. The topological polar surface area (TPSA) is 55.1 Å². The Morgan fingerprint density at radius 2 is 2.00 bits per heavy atom. The van der Waals surface area contributed by atoms with Crippen LogP contribution in [0.25, 0.3) is 0 Å². The zero-order valence-electron chi connectivity index (χ0n) is 9.29. The van der Waals surface area contributed by atoms with Crippen molar-refractivity contribution in [2.75, 3.05) is 5.32 Å². The zero-order valence-corrected chi connectivity index (χ0v) is 9.29. The Hall–Kier alpha value is -1.35. The van der Waals surface area contributed by atoms with E-state index in [4.69, 9.17) is 5.73 Å². The second-order valence-electron chi connectivity index (χ2n) is 3.72. The predicted molar refractivity (Wildman–Crippen MR) is 62.7 cm³/mol. The highest BCUT2D eigenvalue weighted by Gasteiger charge is 2.06. The van der Waals surface area contributed by atoms with Crippen molar-refractivity contribution in [2.24, 2.45) is 5.73 Å². The Labute approximate surface area is 90.7 Å². The Morgan fingerprint density at radius 3 is 2.47 bits per heavy atom. The average molecular weight is 206 g/mol. The van der Waals surface area contributed by atoms with E-state index in [-0.39, 0.29) is 5.91 Å². The first kappa shape index (κ1) is 11.7. The molecule has 82 valence electrons. The van der Waals surface area contributed by atoms with Crippen molar-refractivity contribution in [3.05, 3.63) is 29.8 Å². The quantitative estimate of drug-likeness (QED) is 0.790. The highest BCUT2D eigenvalue weighted by atomic mass is 16.2. The summed E-state index contributed by atoms with van der Waals surface area (Å²) >= 11 is 0. The molecule has 0 aliphatic rings. The lowest BCUT2D eigenvalue weighted by Crippen LogP contribution is -2.32. The first-order valence-corrected chi connectivity index (χ1v) is 5.29. The smallest absolute Gasteiger partial charge is 0.240 e. The number of hydrogen-bond donors (Lipinski definition) is 2. The molecular formula is C12H18N2O. The van der Waals surface area contributed by atoms with Crippen molar-refractivity contribution in [1.82, 2.24) is 0 Å². The normalized spacial score (nSPS) is 12.2. The lowest BCUT2D eigenvalue weighted by atomic mass is 10.1. The average Bonchev–Trinajstić information content (AvgIpc) is 2.21. The third-order valence-corrected chi connectivity index (χ3v) is 2.17. The molecule has 0 fully saturated rings. The molecule has 0 heterocycles. The maximum absolute atomic E-state index is 11.3. The number of aryl methyl sites for hydroxylation is 1. The van der Waals surface area contributed by atoms with Crippen molar-refractivity contribution >= 4 is 11.6 Å². The molecule has 1 rings (SSSR count). The maximum Gasteiger partial charge on any atom is 0.240 e. The molecule has 1 aromatic carbocycles. The van der Waals surface area contributed by atoms with E-state index in [9.17, 15) is 4.79 Å². The van der Waals surface area contributed by atoms with E-state index in [2.05, 4.69) is 12.2 Å². The van der Waals surface area contributed by atoms with Crippen LogP contribution in [0.4, 0.5) is 5.69 Å². The molecule has 3 N–H and O–H groups in total. The molecule has 0 saturated carbocycles. The van der Waals surface area contributed by atoms with Gasteiger partial charge in [0.1, 0.15) is 0 Å². The van der Waals surface area contributed by atoms with Crippen LogP contribution in [0.5, 0.6) is 0 Å². The third kappa shape index (κ3) is 3.72. The van der Waals surface area contributed by atoms with E-state index in [0.29, 0.717) is 0 Å². The molecule has 0 aromatic heterocycles. The van der Waals surface area contributed by atoms with E-state index in [1.807, 2.05) is 24.3 Å². The zero-order chi connectivity index (χ0) is 11.3. The largest absolute Gasteiger partial charge is 0.325 e. The molecule has 0 saturated heterocycles. The van der Waals surface area contributed by atoms with Crippen LogP contribution in [0, 0.1) is 0 Å². The van der Waals surface area contributed by atoms with Crippen LogP contribution in [-0.2, 0) is 11.2 Å². The number of carbonyl (C=O) groups is 1. The number of anilines is 1. The minimum atomic E-state index is -0.472. The summed E-state index contributed by atoms with van der Waals surface area (Å²) in [6, 6.07) is 7.40. The van der Waals surface area contributed by atoms with Gasteiger partial charge in [0, 0.05) is 5.69 Å². The van der Waals surface area contributed by atoms with Gasteiger partial charge in [-0.15, -0.1) is 0 Å². The molecule has 1 atom stereocenters. The van der Waals surface area contributed by atoms with Crippen molar-refractivity contribution in [2.45, 2.75) is 32.7 Å². The van der Waals surface area contributed by atoms with Crippen molar-refractivity contribution in [3.63, 3.8) is 0 Å². The third-order valence-electron chi connectivity index (χ3n) is 2.17. The summed E-state index contributed by atoms with van der Waals surface area (Å²) in [6.45, 7) is 3.81. The molecule has 0 spiro atoms. The number of hydrogen-bond acceptors (Lipinski definition) is 2. The SMILES string of the molecule is CCCc1ccc(NC(=O)[C@H](C)N)cc1. The standard InChI is InChI=1S/C12H18N2O/c1-3-4-10-5-7-11(8-6-10)14-12(15)9(2)13/h5-9H,3-4,13H2,1-2H3,(H,14,15)/t9-/m0/s1. The van der Waals surface area contributed by atoms with Gasteiger partial charge in [-0.25, -0.2) is 0 Å². The van der Waals surface area contributed by atoms with Gasteiger partial charge >= 0.3 is 0 Å². The van der Waals surface area contributed by atoms with E-state index in [0.717, 1.165) is 18.5 Å². The van der Waals surface area contributed by atoms with Gasteiger partial charge in [-0.3, -0.25) is 4.79 Å². The van der Waals surface area contributed by atoms with Crippen LogP contribution in [0.2, 0.25) is 0 Å². The van der Waals surface area contributed by atoms with Crippen LogP contribution in [0.3, 0.4) is 0 Å². The molecule has 0 bridgehead atoms. The van der Waals surface area contributed by atoms with Gasteiger partial charge in [0.15, 0.2) is 0 Å². The Bertz CT molecular complexity index is 317. The second kappa shape index (κ2) is 5.51. The molecule has 3 nitrogen and oxygen atoms in total. The van der Waals surface area contributed by atoms with E-state index >= 15 is 0 Å². The van der Waals surface area contributed by atoms with Crippen LogP contribution < -0.4 is 11.1 Å². The summed E-state index contributed by atoms with van der Waals surface area (Å²) in [7, 11) is 0. The number of nitrogens with two attached hydrogens (primary N) is 1. The molecule has 0 aliphatic carbocycles. The molecule has 1 amide bonds. The predicted octanol–water partition coefficient (Wildman–Crippen LogP) is 1.92. The van der Waals surface area contributed by atoms with Gasteiger partial charge in [-0.1, -0.05) is 25.5 Å². The summed E-state index contributed by atoms with van der Waals surface area (Å²) in [5, 5.41) is 2.75. The molecule has 1 aromatic rings. The first-order chi connectivity index (χ1) is 7.13. The monoisotopic (exact) mass is 206 g/mol. The van der Waals surface area contributed by atoms with Crippen LogP contribution in [-0.4, -0.2) is 11.9 Å². The van der Waals surface area contributed by atoms with Gasteiger partial charge in [0.25, 0.3) is 0 Å². The van der Waals surface area contributed by atoms with Crippen LogP contribution in [0.1, 0.15) is 25.8 Å². The second-order valence-corrected chi connectivity index (χ2v) is 3.72. The number of benzene rings is 1. The fourth-order valence-corrected chi connectivity index (χ4v) is 1.30. The van der Waals surface area contributed by atoms with Gasteiger partial charge in [0.05, 0.1) is 6.04 Å². The molecule has 0 aliphatic heterocycles. The van der Waals surface area contributed by atoms with Gasteiger partial charge in [-0.05, 0) is 31.0 Å². The fourth-order valence-electron chi connectivity index (χ4n) is 1.30. The summed E-state index contributed by atoms with van der Waals surface area (Å²) < 4.78 is 0. The van der Waals surface area contributed by atoms with Gasteiger partial charge in [-0.2, -0.15) is 0 Å². The lowest BCUT2D eigenvalue weighted by molar-refractivity contribution is -0.117. The van der Waals surface area contributed by atoms with E-state index in [1.165, 1.54) is 5.56 Å². The summed E-state index contributed by atoms with van der Waals surface area (Å²) in [4.78, 5) is 11.3. The summed E-state index contributed by atoms with van der Waals surface area (Å²) in [5.74, 6) is -0.154. The molecule has 15 heavy (non-hydrogen) atoms. The van der Waals surface area contributed by atoms with Crippen molar-refractivity contribution < 1.29 is 4.79 Å². The van der Waals surface area contributed by atoms with Crippen molar-refractivity contribution in [3.8, 4) is 0 Å². The maximum atomic E-state index is 11.3. The number of nitrogens with one attached hydrogen (secondary N) is 1. The number of carbonyl (C=O) groups excluding carboxylic acids is 1. The molecule has 0 radical (unpaired) electrons. The molecule has 3 heteroatoms. The number of amides is 1.